The average Bonchev–Trinajstić information content (AvgIpc) is 2.98. The lowest BCUT2D eigenvalue weighted by atomic mass is 10.1. The van der Waals surface area contributed by atoms with E-state index in [1.807, 2.05) is 39.0 Å². The van der Waals surface area contributed by atoms with Gasteiger partial charge in [0, 0.05) is 18.4 Å². The van der Waals surface area contributed by atoms with Crippen molar-refractivity contribution in [3.8, 4) is 5.75 Å². The molecule has 124 valence electrons. The van der Waals surface area contributed by atoms with Gasteiger partial charge in [-0.2, -0.15) is 5.10 Å². The second-order valence-corrected chi connectivity index (χ2v) is 6.02. The Morgan fingerprint density at radius 2 is 2.00 bits per heavy atom. The van der Waals surface area contributed by atoms with Crippen molar-refractivity contribution >= 4 is 5.91 Å². The number of carbonyl (C=O) groups is 1. The molecule has 0 saturated heterocycles. The Morgan fingerprint density at radius 3 is 2.61 bits per heavy atom. The van der Waals surface area contributed by atoms with Gasteiger partial charge in [-0.3, -0.25) is 9.48 Å². The van der Waals surface area contributed by atoms with Crippen LogP contribution in [0, 0.1) is 0 Å². The number of amides is 1. The van der Waals surface area contributed by atoms with E-state index in [0.29, 0.717) is 0 Å². The van der Waals surface area contributed by atoms with Crippen molar-refractivity contribution in [2.75, 3.05) is 0 Å². The largest absolute Gasteiger partial charge is 0.491 e. The molecule has 1 amide bonds. The third-order valence-electron chi connectivity index (χ3n) is 3.43. The maximum atomic E-state index is 11.9. The number of nitrogens with zero attached hydrogens (tertiary/aromatic N) is 2. The highest BCUT2D eigenvalue weighted by atomic mass is 16.5. The topological polar surface area (TPSA) is 56.1 Å². The lowest BCUT2D eigenvalue weighted by Gasteiger charge is -2.14. The van der Waals surface area contributed by atoms with Crippen molar-refractivity contribution in [2.45, 2.75) is 52.3 Å². The van der Waals surface area contributed by atoms with Crippen LogP contribution in [-0.2, 0) is 17.8 Å². The minimum absolute atomic E-state index is 0.0121. The molecular formula is C18H25N3O2. The Balaban J connectivity index is 1.73. The van der Waals surface area contributed by atoms with Crippen LogP contribution in [-0.4, -0.2) is 27.8 Å². The van der Waals surface area contributed by atoms with Crippen LogP contribution in [0.15, 0.2) is 42.7 Å². The number of nitrogens with one attached hydrogen (secondary N) is 1. The molecule has 1 atom stereocenters. The first-order chi connectivity index (χ1) is 11.0. The van der Waals surface area contributed by atoms with Crippen LogP contribution in [0.25, 0.3) is 0 Å². The van der Waals surface area contributed by atoms with E-state index >= 15 is 0 Å². The van der Waals surface area contributed by atoms with Gasteiger partial charge in [0.15, 0.2) is 0 Å². The number of hydrogen-bond donors (Lipinski definition) is 1. The highest BCUT2D eigenvalue weighted by Crippen LogP contribution is 2.15. The van der Waals surface area contributed by atoms with Gasteiger partial charge in [0.25, 0.3) is 0 Å². The van der Waals surface area contributed by atoms with Gasteiger partial charge in [0.05, 0.1) is 6.10 Å². The summed E-state index contributed by atoms with van der Waals surface area (Å²) < 4.78 is 7.25. The first-order valence-electron chi connectivity index (χ1n) is 8.05. The average molecular weight is 315 g/mol. The normalized spacial score (nSPS) is 12.2. The summed E-state index contributed by atoms with van der Waals surface area (Å²) in [6.07, 6.45) is 5.46. The quantitative estimate of drug-likeness (QED) is 0.815. The Kier molecular flexibility index (Phi) is 6.20. The molecule has 1 heterocycles. The number of carbonyl (C=O) groups excluding carboxylic acids is 1. The highest BCUT2D eigenvalue weighted by molar-refractivity contribution is 5.75. The summed E-state index contributed by atoms with van der Waals surface area (Å²) >= 11 is 0. The summed E-state index contributed by atoms with van der Waals surface area (Å²) in [6.45, 7) is 6.32. The van der Waals surface area contributed by atoms with Gasteiger partial charge < -0.3 is 10.1 Å². The van der Waals surface area contributed by atoms with E-state index in [2.05, 4.69) is 22.5 Å². The summed E-state index contributed by atoms with van der Waals surface area (Å²) in [4.78, 5) is 11.9. The van der Waals surface area contributed by atoms with E-state index in [1.54, 1.807) is 17.1 Å². The molecule has 0 radical (unpaired) electrons. The molecule has 0 spiro atoms. The van der Waals surface area contributed by atoms with Gasteiger partial charge in [0.2, 0.25) is 5.91 Å². The Labute approximate surface area is 137 Å². The molecule has 0 fully saturated rings. The molecule has 2 rings (SSSR count). The molecule has 0 aliphatic carbocycles. The second-order valence-electron chi connectivity index (χ2n) is 6.02. The van der Waals surface area contributed by atoms with Crippen molar-refractivity contribution in [1.82, 2.24) is 15.1 Å². The highest BCUT2D eigenvalue weighted by Gasteiger charge is 2.08. The van der Waals surface area contributed by atoms with E-state index in [4.69, 9.17) is 4.74 Å². The fourth-order valence-corrected chi connectivity index (χ4v) is 2.32. The minimum atomic E-state index is -0.0121. The van der Waals surface area contributed by atoms with Gasteiger partial charge in [-0.25, -0.2) is 0 Å². The summed E-state index contributed by atoms with van der Waals surface area (Å²) in [6, 6.07) is 10.1. The van der Waals surface area contributed by atoms with Crippen molar-refractivity contribution in [1.29, 1.82) is 0 Å². The molecule has 2 aromatic rings. The van der Waals surface area contributed by atoms with Gasteiger partial charge in [-0.1, -0.05) is 12.1 Å². The Bertz CT molecular complexity index is 591. The predicted molar refractivity (Wildman–Crippen MR) is 90.4 cm³/mol. The maximum absolute atomic E-state index is 11.9. The van der Waals surface area contributed by atoms with Crippen molar-refractivity contribution in [3.63, 3.8) is 0 Å². The van der Waals surface area contributed by atoms with Gasteiger partial charge in [-0.05, 0) is 57.4 Å². The van der Waals surface area contributed by atoms with Gasteiger partial charge >= 0.3 is 0 Å². The zero-order valence-corrected chi connectivity index (χ0v) is 14.0. The molecule has 1 aromatic heterocycles. The van der Waals surface area contributed by atoms with Gasteiger partial charge in [-0.15, -0.1) is 0 Å². The van der Waals surface area contributed by atoms with Crippen molar-refractivity contribution < 1.29 is 9.53 Å². The molecule has 0 bridgehead atoms. The monoisotopic (exact) mass is 315 g/mol. The molecule has 0 saturated carbocycles. The number of benzene rings is 1. The molecule has 1 N–H and O–H groups in total. The Hall–Kier alpha value is -2.30. The zero-order valence-electron chi connectivity index (χ0n) is 14.0. The number of aryl methyl sites for hydroxylation is 1. The smallest absolute Gasteiger partial charge is 0.241 e. The van der Waals surface area contributed by atoms with E-state index in [9.17, 15) is 4.79 Å². The second kappa shape index (κ2) is 8.36. The number of rotatable bonds is 8. The minimum Gasteiger partial charge on any atom is -0.491 e. The molecular weight excluding hydrogens is 290 g/mol. The number of hydrogen-bond acceptors (Lipinski definition) is 3. The lowest BCUT2D eigenvalue weighted by molar-refractivity contribution is -0.122. The van der Waals surface area contributed by atoms with Gasteiger partial charge in [0.1, 0.15) is 12.3 Å². The molecule has 23 heavy (non-hydrogen) atoms. The van der Waals surface area contributed by atoms with E-state index < -0.39 is 0 Å². The number of ether oxygens (including phenoxy) is 1. The number of aromatic nitrogens is 2. The first kappa shape index (κ1) is 17.1. The van der Waals surface area contributed by atoms with Crippen LogP contribution < -0.4 is 10.1 Å². The molecule has 0 aliphatic rings. The van der Waals surface area contributed by atoms with Crippen LogP contribution >= 0.6 is 0 Å². The van der Waals surface area contributed by atoms with Crippen LogP contribution in [0.1, 0.15) is 32.8 Å². The van der Waals surface area contributed by atoms with E-state index in [0.717, 1.165) is 18.6 Å². The summed E-state index contributed by atoms with van der Waals surface area (Å²) in [5.74, 6) is 0.881. The van der Waals surface area contributed by atoms with E-state index in [1.165, 1.54) is 5.56 Å². The predicted octanol–water partition coefficient (Wildman–Crippen LogP) is 2.81. The molecule has 5 nitrogen and oxygen atoms in total. The summed E-state index contributed by atoms with van der Waals surface area (Å²) in [7, 11) is 0. The molecule has 0 aliphatic heterocycles. The Morgan fingerprint density at radius 1 is 1.26 bits per heavy atom. The first-order valence-corrected chi connectivity index (χ1v) is 8.05. The fraction of sp³-hybridized carbons (Fsp3) is 0.444. The van der Waals surface area contributed by atoms with Crippen LogP contribution in [0.3, 0.4) is 0 Å². The fourth-order valence-electron chi connectivity index (χ4n) is 2.32. The SMILES string of the molecule is CC(C)Oc1ccc(CC[C@H](C)NC(=O)Cn2cccn2)cc1. The van der Waals surface area contributed by atoms with Crippen LogP contribution in [0.5, 0.6) is 5.75 Å². The van der Waals surface area contributed by atoms with Crippen molar-refractivity contribution in [3.05, 3.63) is 48.3 Å². The maximum Gasteiger partial charge on any atom is 0.241 e. The van der Waals surface area contributed by atoms with Crippen molar-refractivity contribution in [2.24, 2.45) is 0 Å². The third-order valence-corrected chi connectivity index (χ3v) is 3.43. The van der Waals surface area contributed by atoms with Crippen LogP contribution in [0.4, 0.5) is 0 Å². The van der Waals surface area contributed by atoms with E-state index in [-0.39, 0.29) is 24.6 Å². The molecule has 1 aromatic carbocycles. The molecule has 0 unspecified atom stereocenters. The summed E-state index contributed by atoms with van der Waals surface area (Å²) in [5.41, 5.74) is 1.24. The zero-order chi connectivity index (χ0) is 16.7. The lowest BCUT2D eigenvalue weighted by Crippen LogP contribution is -2.35. The van der Waals surface area contributed by atoms with Crippen LogP contribution in [0.2, 0.25) is 0 Å². The molecule has 5 heteroatoms. The standard InChI is InChI=1S/C18H25N3O2/c1-14(2)23-17-9-7-16(8-10-17)6-5-15(3)20-18(22)13-21-12-4-11-19-21/h4,7-12,14-15H,5-6,13H2,1-3H3,(H,20,22)/t15-/m0/s1. The summed E-state index contributed by atoms with van der Waals surface area (Å²) in [5, 5.41) is 7.03. The third kappa shape index (κ3) is 6.14.